The molecule has 0 atom stereocenters. The molecular weight excluding hydrogens is 248 g/mol. The molecule has 3 heteroatoms. The molecule has 0 spiro atoms. The van der Waals surface area contributed by atoms with Crippen LogP contribution in [0.25, 0.3) is 0 Å². The van der Waals surface area contributed by atoms with Crippen LogP contribution >= 0.6 is 0 Å². The Morgan fingerprint density at radius 2 is 2.00 bits per heavy atom. The first-order valence-corrected chi connectivity index (χ1v) is 8.01. The molecule has 1 fully saturated rings. The third kappa shape index (κ3) is 4.29. The van der Waals surface area contributed by atoms with Crippen LogP contribution in [0.1, 0.15) is 51.0 Å². The fraction of sp³-hybridized carbons (Fsp3) is 0.706. The summed E-state index contributed by atoms with van der Waals surface area (Å²) < 4.78 is 6.20. The van der Waals surface area contributed by atoms with E-state index >= 15 is 0 Å². The first-order valence-electron chi connectivity index (χ1n) is 8.01. The number of hydrogen-bond acceptors (Lipinski definition) is 3. The number of pyridine rings is 1. The summed E-state index contributed by atoms with van der Waals surface area (Å²) in [7, 11) is 0. The van der Waals surface area contributed by atoms with Crippen LogP contribution in [0.4, 0.5) is 0 Å². The van der Waals surface area contributed by atoms with Crippen LogP contribution in [-0.4, -0.2) is 23.7 Å². The molecule has 0 aliphatic heterocycles. The van der Waals surface area contributed by atoms with Crippen molar-refractivity contribution in [2.75, 3.05) is 13.2 Å². The minimum atomic E-state index is -0.0583. The van der Waals surface area contributed by atoms with Crippen LogP contribution < -0.4 is 5.73 Å². The van der Waals surface area contributed by atoms with Crippen molar-refractivity contribution in [3.05, 3.63) is 30.1 Å². The van der Waals surface area contributed by atoms with Crippen molar-refractivity contribution in [2.24, 2.45) is 11.7 Å². The van der Waals surface area contributed by atoms with E-state index in [1.54, 1.807) is 0 Å². The van der Waals surface area contributed by atoms with Gasteiger partial charge in [0, 0.05) is 18.9 Å². The van der Waals surface area contributed by atoms with Crippen molar-refractivity contribution < 1.29 is 4.74 Å². The maximum absolute atomic E-state index is 6.20. The number of rotatable bonds is 7. The molecule has 1 heterocycles. The van der Waals surface area contributed by atoms with Gasteiger partial charge in [-0.1, -0.05) is 19.8 Å². The van der Waals surface area contributed by atoms with E-state index < -0.39 is 0 Å². The van der Waals surface area contributed by atoms with Gasteiger partial charge in [0.25, 0.3) is 0 Å². The minimum Gasteiger partial charge on any atom is -0.373 e. The van der Waals surface area contributed by atoms with Gasteiger partial charge in [-0.05, 0) is 55.7 Å². The van der Waals surface area contributed by atoms with Gasteiger partial charge in [0.1, 0.15) is 0 Å². The second-order valence-corrected chi connectivity index (χ2v) is 6.07. The maximum atomic E-state index is 6.20. The predicted molar refractivity (Wildman–Crippen MR) is 82.5 cm³/mol. The summed E-state index contributed by atoms with van der Waals surface area (Å²) in [6.07, 6.45) is 12.1. The molecule has 112 valence electrons. The highest BCUT2D eigenvalue weighted by atomic mass is 16.5. The van der Waals surface area contributed by atoms with Crippen molar-refractivity contribution >= 4 is 0 Å². The van der Waals surface area contributed by atoms with Crippen LogP contribution in [0.3, 0.4) is 0 Å². The van der Waals surface area contributed by atoms with E-state index in [0.29, 0.717) is 6.54 Å². The van der Waals surface area contributed by atoms with Gasteiger partial charge in [0.2, 0.25) is 0 Å². The Hall–Kier alpha value is -0.930. The largest absolute Gasteiger partial charge is 0.373 e. The molecule has 1 aliphatic rings. The molecule has 0 bridgehead atoms. The molecule has 1 aromatic rings. The van der Waals surface area contributed by atoms with Gasteiger partial charge in [0.05, 0.1) is 12.2 Å². The summed E-state index contributed by atoms with van der Waals surface area (Å²) in [5.74, 6) is 0.892. The lowest BCUT2D eigenvalue weighted by molar-refractivity contribution is -0.0706. The summed E-state index contributed by atoms with van der Waals surface area (Å²) in [6.45, 7) is 3.69. The van der Waals surface area contributed by atoms with Crippen molar-refractivity contribution in [3.8, 4) is 0 Å². The summed E-state index contributed by atoms with van der Waals surface area (Å²) in [5.41, 5.74) is 7.23. The van der Waals surface area contributed by atoms with Gasteiger partial charge in [-0.25, -0.2) is 0 Å². The average molecular weight is 276 g/mol. The molecule has 2 N–H and O–H groups in total. The Kier molecular flexibility index (Phi) is 5.99. The summed E-state index contributed by atoms with van der Waals surface area (Å²) in [6, 6.07) is 4.10. The lowest BCUT2D eigenvalue weighted by Crippen LogP contribution is -2.44. The highest BCUT2D eigenvalue weighted by molar-refractivity contribution is 5.09. The van der Waals surface area contributed by atoms with Crippen LogP contribution in [-0.2, 0) is 11.2 Å². The topological polar surface area (TPSA) is 48.1 Å². The number of nitrogens with zero attached hydrogens (tertiary/aromatic N) is 1. The van der Waals surface area contributed by atoms with E-state index in [4.69, 9.17) is 10.5 Å². The highest BCUT2D eigenvalue weighted by Crippen LogP contribution is 2.36. The maximum Gasteiger partial charge on any atom is 0.0804 e. The first kappa shape index (κ1) is 15.5. The number of aromatic nitrogens is 1. The SMILES string of the molecule is CCCC1CCC(CN)(OCCc2ccncc2)CC1. The zero-order valence-corrected chi connectivity index (χ0v) is 12.7. The lowest BCUT2D eigenvalue weighted by Gasteiger charge is -2.39. The quantitative estimate of drug-likeness (QED) is 0.831. The molecule has 1 aliphatic carbocycles. The lowest BCUT2D eigenvalue weighted by atomic mass is 9.77. The summed E-state index contributed by atoms with van der Waals surface area (Å²) in [4.78, 5) is 4.04. The molecule has 2 rings (SSSR count). The van der Waals surface area contributed by atoms with Crippen molar-refractivity contribution in [3.63, 3.8) is 0 Å². The summed E-state index contributed by atoms with van der Waals surface area (Å²) >= 11 is 0. The second kappa shape index (κ2) is 7.75. The van der Waals surface area contributed by atoms with E-state index in [2.05, 4.69) is 24.0 Å². The van der Waals surface area contributed by atoms with Crippen molar-refractivity contribution in [2.45, 2.75) is 57.5 Å². The highest BCUT2D eigenvalue weighted by Gasteiger charge is 2.34. The standard InChI is InChI=1S/C17H28N2O/c1-2-3-15-4-9-17(14-18,10-5-15)20-13-8-16-6-11-19-12-7-16/h6-7,11-12,15H,2-5,8-10,13-14,18H2,1H3. The molecule has 3 nitrogen and oxygen atoms in total. The Morgan fingerprint density at radius 3 is 2.60 bits per heavy atom. The Bertz CT molecular complexity index is 372. The van der Waals surface area contributed by atoms with Gasteiger partial charge in [-0.2, -0.15) is 0 Å². The van der Waals surface area contributed by atoms with E-state index in [1.165, 1.54) is 31.2 Å². The second-order valence-electron chi connectivity index (χ2n) is 6.07. The van der Waals surface area contributed by atoms with E-state index in [-0.39, 0.29) is 5.60 Å². The predicted octanol–water partition coefficient (Wildman–Crippen LogP) is 3.33. The molecule has 0 unspecified atom stereocenters. The van der Waals surface area contributed by atoms with Crippen molar-refractivity contribution in [1.82, 2.24) is 4.98 Å². The molecule has 1 aromatic heterocycles. The van der Waals surface area contributed by atoms with Crippen LogP contribution in [0.2, 0.25) is 0 Å². The van der Waals surface area contributed by atoms with E-state index in [0.717, 1.165) is 31.8 Å². The van der Waals surface area contributed by atoms with Crippen LogP contribution in [0.15, 0.2) is 24.5 Å². The number of nitrogens with two attached hydrogens (primary N) is 1. The molecule has 20 heavy (non-hydrogen) atoms. The normalized spacial score (nSPS) is 26.6. The van der Waals surface area contributed by atoms with Crippen LogP contribution in [0, 0.1) is 5.92 Å². The monoisotopic (exact) mass is 276 g/mol. The van der Waals surface area contributed by atoms with Crippen molar-refractivity contribution in [1.29, 1.82) is 0 Å². The number of ether oxygens (including phenoxy) is 1. The smallest absolute Gasteiger partial charge is 0.0804 e. The Morgan fingerprint density at radius 1 is 1.30 bits per heavy atom. The molecule has 1 saturated carbocycles. The minimum absolute atomic E-state index is 0.0583. The molecular formula is C17H28N2O. The van der Waals surface area contributed by atoms with Gasteiger partial charge in [0.15, 0.2) is 0 Å². The first-order chi connectivity index (χ1) is 9.78. The van der Waals surface area contributed by atoms with Gasteiger partial charge in [-0.15, -0.1) is 0 Å². The van der Waals surface area contributed by atoms with Gasteiger partial charge >= 0.3 is 0 Å². The third-order valence-corrected chi connectivity index (χ3v) is 4.63. The molecule has 0 saturated heterocycles. The fourth-order valence-electron chi connectivity index (χ4n) is 3.24. The fourth-order valence-corrected chi connectivity index (χ4v) is 3.24. The molecule has 0 radical (unpaired) electrons. The zero-order chi connectivity index (χ0) is 14.3. The average Bonchev–Trinajstić information content (AvgIpc) is 2.51. The third-order valence-electron chi connectivity index (χ3n) is 4.63. The van der Waals surface area contributed by atoms with Crippen LogP contribution in [0.5, 0.6) is 0 Å². The van der Waals surface area contributed by atoms with Gasteiger partial charge < -0.3 is 10.5 Å². The Labute approximate surface area is 122 Å². The van der Waals surface area contributed by atoms with E-state index in [1.807, 2.05) is 12.4 Å². The molecule has 0 amide bonds. The van der Waals surface area contributed by atoms with Gasteiger partial charge in [-0.3, -0.25) is 4.98 Å². The summed E-state index contributed by atoms with van der Waals surface area (Å²) in [5, 5.41) is 0. The molecule has 0 aromatic carbocycles. The van der Waals surface area contributed by atoms with E-state index in [9.17, 15) is 0 Å². The zero-order valence-electron chi connectivity index (χ0n) is 12.7. The number of hydrogen-bond donors (Lipinski definition) is 1. The Balaban J connectivity index is 1.78.